The van der Waals surface area contributed by atoms with Crippen LogP contribution in [0.1, 0.15) is 125 Å². The quantitative estimate of drug-likeness (QED) is 0.0724. The van der Waals surface area contributed by atoms with Gasteiger partial charge in [-0.05, 0) is 141 Å². The summed E-state index contributed by atoms with van der Waals surface area (Å²) >= 11 is 30.1. The predicted molar refractivity (Wildman–Crippen MR) is 280 cm³/mol. The summed E-state index contributed by atoms with van der Waals surface area (Å²) in [5.74, 6) is -2.75. The van der Waals surface area contributed by atoms with Crippen LogP contribution in [0, 0.1) is 0 Å². The van der Waals surface area contributed by atoms with Crippen LogP contribution >= 0.6 is 78.3 Å². The molecule has 0 radical (unpaired) electrons. The standard InChI is InChI=1S/C21H25ClN2O4.C12H13ClO3.C11H12BrClO2.C7H4BrClO2/c1-21(2,3)28-19(25)16-9-8-14(11-17(16)22)13-24-18(20(26)27-4)12-15-7-5-6-10-23-15;1-12(2,3)16-11(15)9-5-4-8(7-14)6-10(9)13;1-11(2,3)15-10(14)8-5-4-7(12)6-9(8)13;8-4-1-2-5(7(10)11)6(9)3-4/h5-11,18,24H,12-13H2,1-4H3;4-7H,1-3H3;4-6H,1-3H3;1-3H,(H,10,11)/t18-;;;/m1.../s1. The number of esters is 4. The fourth-order valence-electron chi connectivity index (χ4n) is 5.27. The zero-order valence-corrected chi connectivity index (χ0v) is 46.2. The molecule has 1 heterocycles. The second kappa shape index (κ2) is 28.2. The number of carbonyl (C=O) groups is 6. The van der Waals surface area contributed by atoms with Crippen LogP contribution in [0.3, 0.4) is 0 Å². The van der Waals surface area contributed by atoms with Crippen molar-refractivity contribution in [2.24, 2.45) is 0 Å². The number of aldehydes is 1. The van der Waals surface area contributed by atoms with Gasteiger partial charge in [0.1, 0.15) is 29.1 Å². The Bertz CT molecular complexity index is 2610. The van der Waals surface area contributed by atoms with Gasteiger partial charge >= 0.3 is 29.8 Å². The second-order valence-electron chi connectivity index (χ2n) is 17.7. The number of nitrogens with zero attached hydrogens (tertiary/aromatic N) is 1. The summed E-state index contributed by atoms with van der Waals surface area (Å²) < 4.78 is 22.2. The van der Waals surface area contributed by atoms with Gasteiger partial charge in [-0.2, -0.15) is 0 Å². The average molecular weight is 1170 g/mol. The summed E-state index contributed by atoms with van der Waals surface area (Å²) in [6, 6.07) is 24.2. The zero-order chi connectivity index (χ0) is 53.1. The number of methoxy groups -OCH3 is 1. The molecule has 0 aliphatic heterocycles. The van der Waals surface area contributed by atoms with E-state index in [1.807, 2.05) is 39.0 Å². The van der Waals surface area contributed by atoms with Gasteiger partial charge in [-0.1, -0.05) is 96.5 Å². The molecule has 0 amide bonds. The van der Waals surface area contributed by atoms with E-state index in [1.54, 1.807) is 96.3 Å². The molecule has 1 atom stereocenters. The van der Waals surface area contributed by atoms with E-state index in [2.05, 4.69) is 42.2 Å². The largest absolute Gasteiger partial charge is 0.478 e. The highest BCUT2D eigenvalue weighted by Crippen LogP contribution is 2.25. The van der Waals surface area contributed by atoms with Crippen LogP contribution < -0.4 is 5.32 Å². The maximum Gasteiger partial charge on any atom is 0.340 e. The van der Waals surface area contributed by atoms with E-state index in [9.17, 15) is 28.8 Å². The second-order valence-corrected chi connectivity index (χ2v) is 21.2. The first-order valence-corrected chi connectivity index (χ1v) is 24.1. The van der Waals surface area contributed by atoms with Crippen molar-refractivity contribution in [3.8, 4) is 0 Å². The van der Waals surface area contributed by atoms with Gasteiger partial charge in [-0.25, -0.2) is 19.2 Å². The van der Waals surface area contributed by atoms with Gasteiger partial charge in [0.05, 0.1) is 49.5 Å². The molecule has 0 fully saturated rings. The summed E-state index contributed by atoms with van der Waals surface area (Å²) in [5, 5.41) is 12.9. The number of carbonyl (C=O) groups excluding carboxylic acids is 5. The Morgan fingerprint density at radius 3 is 1.43 bits per heavy atom. The molecule has 0 spiro atoms. The maximum absolute atomic E-state index is 12.2. The van der Waals surface area contributed by atoms with E-state index in [0.717, 1.165) is 20.2 Å². The van der Waals surface area contributed by atoms with Crippen LogP contribution in [-0.2, 0) is 36.7 Å². The highest BCUT2D eigenvalue weighted by Gasteiger charge is 2.24. The van der Waals surface area contributed by atoms with Gasteiger partial charge in [0.2, 0.25) is 0 Å². The minimum atomic E-state index is -1.01. The summed E-state index contributed by atoms with van der Waals surface area (Å²) in [6.07, 6.45) is 2.75. The number of pyridine rings is 1. The minimum Gasteiger partial charge on any atom is -0.478 e. The number of aromatic nitrogens is 1. The van der Waals surface area contributed by atoms with Gasteiger partial charge < -0.3 is 24.1 Å². The first-order valence-electron chi connectivity index (χ1n) is 21.0. The summed E-state index contributed by atoms with van der Waals surface area (Å²) in [5.41, 5.74) is 1.44. The molecule has 0 saturated heterocycles. The topological polar surface area (TPSA) is 184 Å². The average Bonchev–Trinajstić information content (AvgIpc) is 3.23. The van der Waals surface area contributed by atoms with Gasteiger partial charge in [-0.15, -0.1) is 0 Å². The molecule has 0 aliphatic carbocycles. The number of ether oxygens (including phenoxy) is 4. The van der Waals surface area contributed by atoms with E-state index in [0.29, 0.717) is 46.0 Å². The lowest BCUT2D eigenvalue weighted by molar-refractivity contribution is -0.143. The monoisotopic (exact) mass is 1170 g/mol. The number of hydrogen-bond acceptors (Lipinski definition) is 12. The van der Waals surface area contributed by atoms with Crippen LogP contribution in [0.15, 0.2) is 106 Å². The molecule has 70 heavy (non-hydrogen) atoms. The van der Waals surface area contributed by atoms with Gasteiger partial charge in [0.15, 0.2) is 0 Å². The van der Waals surface area contributed by atoms with Crippen LogP contribution in [0.25, 0.3) is 0 Å². The number of rotatable bonds is 11. The Morgan fingerprint density at radius 1 is 0.629 bits per heavy atom. The number of aromatic carboxylic acids is 1. The first kappa shape index (κ1) is 61.3. The molecule has 0 bridgehead atoms. The smallest absolute Gasteiger partial charge is 0.340 e. The van der Waals surface area contributed by atoms with Crippen molar-refractivity contribution >= 4 is 114 Å². The van der Waals surface area contributed by atoms with Crippen LogP contribution in [-0.4, -0.2) is 76.2 Å². The molecule has 0 aliphatic rings. The molecule has 2 N–H and O–H groups in total. The minimum absolute atomic E-state index is 0.120. The molecule has 19 heteroatoms. The Labute approximate surface area is 445 Å². The van der Waals surface area contributed by atoms with Crippen molar-refractivity contribution in [1.29, 1.82) is 0 Å². The SMILES string of the molecule is CC(C)(C)OC(=O)c1ccc(Br)cc1Cl.CC(C)(C)OC(=O)c1ccc(C=O)cc1Cl.COC(=O)[C@@H](Cc1ccccn1)NCc1ccc(C(=O)OC(C)(C)C)c(Cl)c1.O=C(O)c1ccc(Br)cc1Cl. The Balaban J connectivity index is 0.000000342. The fourth-order valence-corrected chi connectivity index (χ4v) is 7.32. The first-order chi connectivity index (χ1) is 32.4. The molecule has 5 rings (SSSR count). The van der Waals surface area contributed by atoms with Crippen molar-refractivity contribution in [3.05, 3.63) is 165 Å². The zero-order valence-electron chi connectivity index (χ0n) is 40.1. The molecular formula is C51H54Br2Cl4N2O11. The molecule has 1 aromatic heterocycles. The van der Waals surface area contributed by atoms with E-state index in [1.165, 1.54) is 31.4 Å². The Kier molecular flexibility index (Phi) is 24.7. The molecule has 4 aromatic carbocycles. The Hall–Kier alpha value is -4.87. The highest BCUT2D eigenvalue weighted by molar-refractivity contribution is 9.10. The number of carboxylic acid groups (broad SMARTS) is 1. The number of carboxylic acids is 1. The highest BCUT2D eigenvalue weighted by atomic mass is 79.9. The van der Waals surface area contributed by atoms with E-state index >= 15 is 0 Å². The fraction of sp³-hybridized carbons (Fsp3) is 0.314. The third-order valence-corrected chi connectivity index (χ3v) is 10.5. The summed E-state index contributed by atoms with van der Waals surface area (Å²) in [7, 11) is 1.35. The molecule has 376 valence electrons. The lowest BCUT2D eigenvalue weighted by Crippen LogP contribution is -2.39. The van der Waals surface area contributed by atoms with Crippen LogP contribution in [0.4, 0.5) is 0 Å². The van der Waals surface area contributed by atoms with Crippen molar-refractivity contribution in [1.82, 2.24) is 10.3 Å². The van der Waals surface area contributed by atoms with Crippen LogP contribution in [0.5, 0.6) is 0 Å². The summed E-state index contributed by atoms with van der Waals surface area (Å²) in [6.45, 7) is 16.5. The molecule has 13 nitrogen and oxygen atoms in total. The van der Waals surface area contributed by atoms with Crippen molar-refractivity contribution in [2.75, 3.05) is 7.11 Å². The third kappa shape index (κ3) is 22.9. The predicted octanol–water partition coefficient (Wildman–Crippen LogP) is 13.5. The van der Waals surface area contributed by atoms with E-state index in [-0.39, 0.29) is 27.1 Å². The van der Waals surface area contributed by atoms with E-state index in [4.69, 9.17) is 70.5 Å². The van der Waals surface area contributed by atoms with E-state index < -0.39 is 46.7 Å². The van der Waals surface area contributed by atoms with Gasteiger partial charge in [0.25, 0.3) is 0 Å². The number of halogens is 6. The summed E-state index contributed by atoms with van der Waals surface area (Å²) in [4.78, 5) is 72.8. The molecule has 0 saturated carbocycles. The van der Waals surface area contributed by atoms with Gasteiger partial charge in [-0.3, -0.25) is 19.9 Å². The maximum atomic E-state index is 12.2. The number of benzene rings is 4. The van der Waals surface area contributed by atoms with Crippen molar-refractivity contribution < 1.29 is 52.8 Å². The van der Waals surface area contributed by atoms with Gasteiger partial charge in [0, 0.05) is 39.4 Å². The molecule has 0 unspecified atom stereocenters. The van der Waals surface area contributed by atoms with Crippen molar-refractivity contribution in [2.45, 2.75) is 98.1 Å². The van der Waals surface area contributed by atoms with Crippen LogP contribution in [0.2, 0.25) is 20.1 Å². The molecule has 5 aromatic rings. The molecular weight excluding hydrogens is 1120 g/mol. The lowest BCUT2D eigenvalue weighted by atomic mass is 10.1. The third-order valence-electron chi connectivity index (χ3n) is 8.29. The number of nitrogens with one attached hydrogen (secondary N) is 1. The normalized spacial score (nSPS) is 11.4. The number of hydrogen-bond donors (Lipinski definition) is 2. The van der Waals surface area contributed by atoms with Crippen molar-refractivity contribution in [3.63, 3.8) is 0 Å². The Morgan fingerprint density at radius 2 is 1.06 bits per heavy atom. The lowest BCUT2D eigenvalue weighted by Gasteiger charge is -2.20.